The molecule has 1 saturated heterocycles. The first-order valence-electron chi connectivity index (χ1n) is 11.3. The Morgan fingerprint density at radius 2 is 1.75 bits per heavy atom. The van der Waals surface area contributed by atoms with Crippen LogP contribution in [0.25, 0.3) is 0 Å². The lowest BCUT2D eigenvalue weighted by atomic mass is 10.0. The highest BCUT2D eigenvalue weighted by atomic mass is 16.5. The Balaban J connectivity index is 1.40. The summed E-state index contributed by atoms with van der Waals surface area (Å²) in [5.41, 5.74) is 2.08. The Labute approximate surface area is 208 Å². The molecule has 9 nitrogen and oxygen atoms in total. The third kappa shape index (κ3) is 5.69. The summed E-state index contributed by atoms with van der Waals surface area (Å²) in [5, 5.41) is 5.44. The van der Waals surface area contributed by atoms with Gasteiger partial charge in [-0.25, -0.2) is 9.59 Å². The van der Waals surface area contributed by atoms with Crippen LogP contribution >= 0.6 is 0 Å². The number of rotatable bonds is 7. The van der Waals surface area contributed by atoms with Crippen molar-refractivity contribution in [2.75, 3.05) is 19.0 Å². The highest BCUT2D eigenvalue weighted by molar-refractivity contribution is 6.03. The first-order chi connectivity index (χ1) is 17.3. The van der Waals surface area contributed by atoms with Gasteiger partial charge in [-0.15, -0.1) is 0 Å². The lowest BCUT2D eigenvalue weighted by Gasteiger charge is -2.31. The Morgan fingerprint density at radius 1 is 1.00 bits per heavy atom. The van der Waals surface area contributed by atoms with E-state index in [4.69, 9.17) is 9.47 Å². The van der Waals surface area contributed by atoms with Crippen LogP contribution in [0.5, 0.6) is 11.5 Å². The number of nitrogens with zero attached hydrogens (tertiary/aromatic N) is 1. The number of amides is 4. The number of methoxy groups -OCH3 is 1. The van der Waals surface area contributed by atoms with Crippen molar-refractivity contribution >= 4 is 29.5 Å². The normalized spacial score (nSPS) is 15.2. The number of hydrogen-bond donors (Lipinski definition) is 2. The van der Waals surface area contributed by atoms with Gasteiger partial charge in [0, 0.05) is 5.69 Å². The quantitative estimate of drug-likeness (QED) is 0.483. The molecule has 0 aromatic heterocycles. The molecule has 0 saturated carbocycles. The third-order valence-corrected chi connectivity index (χ3v) is 5.70. The Bertz CT molecular complexity index is 1290. The summed E-state index contributed by atoms with van der Waals surface area (Å²) in [6, 6.07) is 19.9. The van der Waals surface area contributed by atoms with Gasteiger partial charge in [-0.05, 0) is 54.4 Å². The van der Waals surface area contributed by atoms with Gasteiger partial charge in [-0.3, -0.25) is 14.5 Å². The van der Waals surface area contributed by atoms with Crippen molar-refractivity contribution in [3.8, 4) is 11.5 Å². The van der Waals surface area contributed by atoms with Crippen molar-refractivity contribution in [1.82, 2.24) is 10.2 Å². The van der Waals surface area contributed by atoms with Crippen LogP contribution in [0, 0.1) is 6.92 Å². The molecule has 184 valence electrons. The number of carbonyl (C=O) groups excluding carboxylic acids is 4. The van der Waals surface area contributed by atoms with Crippen LogP contribution in [-0.2, 0) is 14.3 Å². The fraction of sp³-hybridized carbons (Fsp3) is 0.185. The van der Waals surface area contributed by atoms with Gasteiger partial charge in [0.2, 0.25) is 11.8 Å². The smallest absolute Gasteiger partial charge is 0.337 e. The highest BCUT2D eigenvalue weighted by Gasteiger charge is 2.34. The van der Waals surface area contributed by atoms with E-state index < -0.39 is 36.4 Å². The first-order valence-corrected chi connectivity index (χ1v) is 11.3. The molecule has 1 aliphatic rings. The van der Waals surface area contributed by atoms with E-state index in [0.29, 0.717) is 28.3 Å². The largest absolute Gasteiger partial charge is 0.465 e. The zero-order chi connectivity index (χ0) is 25.7. The Hall–Kier alpha value is -4.66. The van der Waals surface area contributed by atoms with Crippen molar-refractivity contribution in [1.29, 1.82) is 0 Å². The lowest BCUT2D eigenvalue weighted by Crippen LogP contribution is -2.53. The number of esters is 1. The molecule has 2 N–H and O–H groups in total. The van der Waals surface area contributed by atoms with E-state index in [0.717, 1.165) is 4.90 Å². The number of urea groups is 1. The highest BCUT2D eigenvalue weighted by Crippen LogP contribution is 2.28. The summed E-state index contributed by atoms with van der Waals surface area (Å²) in [5.74, 6) is -0.344. The molecule has 9 heteroatoms. The van der Waals surface area contributed by atoms with Crippen LogP contribution in [0.3, 0.4) is 0 Å². The summed E-state index contributed by atoms with van der Waals surface area (Å²) in [7, 11) is 1.26. The van der Waals surface area contributed by atoms with Crippen molar-refractivity contribution in [3.05, 3.63) is 89.5 Å². The average molecular weight is 488 g/mol. The fourth-order valence-corrected chi connectivity index (χ4v) is 3.79. The van der Waals surface area contributed by atoms with Gasteiger partial charge in [0.1, 0.15) is 18.0 Å². The van der Waals surface area contributed by atoms with Gasteiger partial charge in [-0.2, -0.15) is 0 Å². The average Bonchev–Trinajstić information content (AvgIpc) is 2.87. The Kier molecular flexibility index (Phi) is 7.29. The lowest BCUT2D eigenvalue weighted by molar-refractivity contribution is -0.133. The van der Waals surface area contributed by atoms with Crippen LogP contribution in [-0.4, -0.2) is 42.4 Å². The maximum Gasteiger partial charge on any atom is 0.337 e. The summed E-state index contributed by atoms with van der Waals surface area (Å²) >= 11 is 0. The van der Waals surface area contributed by atoms with E-state index in [1.54, 1.807) is 43.3 Å². The molecule has 1 fully saturated rings. The summed E-state index contributed by atoms with van der Waals surface area (Å²) in [6.45, 7) is 1.30. The van der Waals surface area contributed by atoms with E-state index in [1.807, 2.05) is 30.3 Å². The minimum absolute atomic E-state index is 0.00926. The Morgan fingerprint density at radius 3 is 2.47 bits per heavy atom. The van der Waals surface area contributed by atoms with E-state index in [9.17, 15) is 19.2 Å². The molecule has 1 aliphatic heterocycles. The molecule has 1 unspecified atom stereocenters. The number of para-hydroxylation sites is 1. The predicted octanol–water partition coefficient (Wildman–Crippen LogP) is 4.20. The van der Waals surface area contributed by atoms with Crippen molar-refractivity contribution in [2.45, 2.75) is 19.4 Å². The van der Waals surface area contributed by atoms with E-state index >= 15 is 0 Å². The van der Waals surface area contributed by atoms with Gasteiger partial charge in [0.15, 0.2) is 0 Å². The van der Waals surface area contributed by atoms with Crippen molar-refractivity contribution < 1.29 is 28.7 Å². The number of imide groups is 1. The van der Waals surface area contributed by atoms with Crippen molar-refractivity contribution in [3.63, 3.8) is 0 Å². The van der Waals surface area contributed by atoms with Crippen LogP contribution in [0.1, 0.15) is 33.9 Å². The molecule has 1 atom stereocenters. The van der Waals surface area contributed by atoms with Crippen LogP contribution in [0.4, 0.5) is 10.5 Å². The monoisotopic (exact) mass is 487 g/mol. The maximum atomic E-state index is 12.8. The van der Waals surface area contributed by atoms with Gasteiger partial charge in [0.05, 0.1) is 25.1 Å². The van der Waals surface area contributed by atoms with Crippen LogP contribution in [0.2, 0.25) is 0 Å². The zero-order valence-corrected chi connectivity index (χ0v) is 19.8. The minimum Gasteiger partial charge on any atom is -0.465 e. The predicted molar refractivity (Wildman–Crippen MR) is 132 cm³/mol. The standard InChI is InChI=1S/C27H25N3O6/c1-17-11-12-19(26(33)35-2)14-22(17)28-24(31)16-30-25(32)15-23(29-27(30)34)18-7-6-10-21(13-18)36-20-8-4-3-5-9-20/h3-14,23H,15-16H2,1-2H3,(H,28,31)(H,29,34). The molecule has 0 radical (unpaired) electrons. The number of benzene rings is 3. The third-order valence-electron chi connectivity index (χ3n) is 5.70. The van der Waals surface area contributed by atoms with Gasteiger partial charge in [0.25, 0.3) is 0 Å². The summed E-state index contributed by atoms with van der Waals surface area (Å²) < 4.78 is 10.5. The van der Waals surface area contributed by atoms with Crippen molar-refractivity contribution in [2.24, 2.45) is 0 Å². The molecule has 4 amide bonds. The molecule has 0 aliphatic carbocycles. The first kappa shape index (κ1) is 24.5. The molecule has 1 heterocycles. The van der Waals surface area contributed by atoms with E-state index in [-0.39, 0.29) is 12.0 Å². The van der Waals surface area contributed by atoms with Crippen LogP contribution in [0.15, 0.2) is 72.8 Å². The van der Waals surface area contributed by atoms with E-state index in [1.165, 1.54) is 13.2 Å². The summed E-state index contributed by atoms with van der Waals surface area (Å²) in [4.78, 5) is 50.8. The molecule has 0 spiro atoms. The van der Waals surface area contributed by atoms with Gasteiger partial charge < -0.3 is 20.1 Å². The molecule has 3 aromatic rings. The van der Waals surface area contributed by atoms with Crippen LogP contribution < -0.4 is 15.4 Å². The topological polar surface area (TPSA) is 114 Å². The fourth-order valence-electron chi connectivity index (χ4n) is 3.79. The summed E-state index contributed by atoms with van der Waals surface area (Å²) in [6.07, 6.45) is -0.00926. The molecule has 4 rings (SSSR count). The number of carbonyl (C=O) groups is 4. The SMILES string of the molecule is COC(=O)c1ccc(C)c(NC(=O)CN2C(=O)CC(c3cccc(Oc4ccccc4)c3)NC2=O)c1. The molecular weight excluding hydrogens is 462 g/mol. The number of nitrogens with one attached hydrogen (secondary N) is 2. The van der Waals surface area contributed by atoms with Gasteiger partial charge >= 0.3 is 12.0 Å². The number of aryl methyl sites for hydroxylation is 1. The minimum atomic E-state index is -0.666. The second kappa shape index (κ2) is 10.7. The number of anilines is 1. The molecular formula is C27H25N3O6. The molecule has 36 heavy (non-hydrogen) atoms. The second-order valence-electron chi connectivity index (χ2n) is 8.24. The zero-order valence-electron chi connectivity index (χ0n) is 19.8. The second-order valence-corrected chi connectivity index (χ2v) is 8.24. The molecule has 3 aromatic carbocycles. The molecule has 0 bridgehead atoms. The maximum absolute atomic E-state index is 12.8. The van der Waals surface area contributed by atoms with E-state index in [2.05, 4.69) is 10.6 Å². The van der Waals surface area contributed by atoms with Gasteiger partial charge in [-0.1, -0.05) is 36.4 Å². The number of hydrogen-bond acceptors (Lipinski definition) is 6. The number of ether oxygens (including phenoxy) is 2.